The Morgan fingerprint density at radius 3 is 2.38 bits per heavy atom. The SMILES string of the molecule is C=CC(=O)OCc1ccc(S(=O)(=O)O)cc1. The van der Waals surface area contributed by atoms with Crippen LogP contribution in [0.25, 0.3) is 0 Å². The minimum atomic E-state index is -4.18. The number of esters is 1. The van der Waals surface area contributed by atoms with Crippen molar-refractivity contribution in [2.24, 2.45) is 0 Å². The Morgan fingerprint density at radius 1 is 1.38 bits per heavy atom. The molecule has 16 heavy (non-hydrogen) atoms. The fourth-order valence-corrected chi connectivity index (χ4v) is 1.45. The van der Waals surface area contributed by atoms with Crippen LogP contribution >= 0.6 is 0 Å². The fourth-order valence-electron chi connectivity index (χ4n) is 0.971. The van der Waals surface area contributed by atoms with Crippen molar-refractivity contribution in [3.8, 4) is 0 Å². The van der Waals surface area contributed by atoms with Crippen molar-refractivity contribution in [1.82, 2.24) is 0 Å². The van der Waals surface area contributed by atoms with Crippen LogP contribution in [-0.4, -0.2) is 18.9 Å². The van der Waals surface area contributed by atoms with Crippen molar-refractivity contribution in [3.05, 3.63) is 42.5 Å². The van der Waals surface area contributed by atoms with Gasteiger partial charge in [0.25, 0.3) is 10.1 Å². The lowest BCUT2D eigenvalue weighted by atomic mass is 10.2. The number of rotatable bonds is 4. The average Bonchev–Trinajstić information content (AvgIpc) is 2.25. The fraction of sp³-hybridized carbons (Fsp3) is 0.100. The molecule has 0 fully saturated rings. The van der Waals surface area contributed by atoms with Gasteiger partial charge in [0.2, 0.25) is 0 Å². The Bertz CT molecular complexity index is 486. The minimum Gasteiger partial charge on any atom is -0.458 e. The molecule has 0 saturated heterocycles. The third-order valence-corrected chi connectivity index (χ3v) is 2.64. The highest BCUT2D eigenvalue weighted by Gasteiger charge is 2.08. The van der Waals surface area contributed by atoms with E-state index in [4.69, 9.17) is 9.29 Å². The summed E-state index contributed by atoms with van der Waals surface area (Å²) < 4.78 is 34.9. The molecular weight excluding hydrogens is 232 g/mol. The van der Waals surface area contributed by atoms with Gasteiger partial charge in [-0.05, 0) is 17.7 Å². The first-order chi connectivity index (χ1) is 7.43. The second-order valence-electron chi connectivity index (χ2n) is 2.93. The molecular formula is C10H10O5S. The zero-order valence-corrected chi connectivity index (χ0v) is 9.11. The zero-order valence-electron chi connectivity index (χ0n) is 8.29. The van der Waals surface area contributed by atoms with Crippen molar-refractivity contribution in [1.29, 1.82) is 0 Å². The smallest absolute Gasteiger partial charge is 0.330 e. The summed E-state index contributed by atoms with van der Waals surface area (Å²) >= 11 is 0. The lowest BCUT2D eigenvalue weighted by Gasteiger charge is -2.02. The summed E-state index contributed by atoms with van der Waals surface area (Å²) in [5, 5.41) is 0. The van der Waals surface area contributed by atoms with Gasteiger partial charge in [0.15, 0.2) is 0 Å². The van der Waals surface area contributed by atoms with E-state index in [1.165, 1.54) is 24.3 Å². The Kier molecular flexibility index (Phi) is 3.81. The number of hydrogen-bond acceptors (Lipinski definition) is 4. The molecule has 0 radical (unpaired) electrons. The van der Waals surface area contributed by atoms with Crippen LogP contribution in [0.4, 0.5) is 0 Å². The lowest BCUT2D eigenvalue weighted by molar-refractivity contribution is -0.138. The summed E-state index contributed by atoms with van der Waals surface area (Å²) in [5.74, 6) is -0.557. The van der Waals surface area contributed by atoms with E-state index in [0.717, 1.165) is 6.08 Å². The first-order valence-corrected chi connectivity index (χ1v) is 5.73. The number of benzene rings is 1. The van der Waals surface area contributed by atoms with Crippen molar-refractivity contribution in [2.45, 2.75) is 11.5 Å². The molecule has 0 aliphatic heterocycles. The van der Waals surface area contributed by atoms with Crippen molar-refractivity contribution >= 4 is 16.1 Å². The highest BCUT2D eigenvalue weighted by Crippen LogP contribution is 2.10. The summed E-state index contributed by atoms with van der Waals surface area (Å²) in [7, 11) is -4.18. The van der Waals surface area contributed by atoms with Crippen LogP contribution in [0.2, 0.25) is 0 Å². The molecule has 0 heterocycles. The minimum absolute atomic E-state index is 0.0244. The maximum atomic E-state index is 10.7. The largest absolute Gasteiger partial charge is 0.458 e. The van der Waals surface area contributed by atoms with Crippen LogP contribution in [0.3, 0.4) is 0 Å². The van der Waals surface area contributed by atoms with Gasteiger partial charge in [-0.25, -0.2) is 4.79 Å². The Hall–Kier alpha value is -1.66. The summed E-state index contributed by atoms with van der Waals surface area (Å²) in [4.78, 5) is 10.5. The van der Waals surface area contributed by atoms with Gasteiger partial charge in [-0.3, -0.25) is 4.55 Å². The second kappa shape index (κ2) is 4.91. The highest BCUT2D eigenvalue weighted by atomic mass is 32.2. The standard InChI is InChI=1S/C10H10O5S/c1-2-10(11)15-7-8-3-5-9(6-4-8)16(12,13)14/h2-6H,1,7H2,(H,12,13,14). The number of carbonyl (C=O) groups excluding carboxylic acids is 1. The van der Waals surface area contributed by atoms with Gasteiger partial charge in [0, 0.05) is 6.08 Å². The summed E-state index contributed by atoms with van der Waals surface area (Å²) in [6.45, 7) is 3.26. The average molecular weight is 242 g/mol. The molecule has 0 spiro atoms. The Labute approximate surface area is 93.1 Å². The van der Waals surface area contributed by atoms with E-state index in [-0.39, 0.29) is 11.5 Å². The number of hydrogen-bond donors (Lipinski definition) is 1. The molecule has 0 aliphatic rings. The van der Waals surface area contributed by atoms with E-state index in [0.29, 0.717) is 5.56 Å². The number of carbonyl (C=O) groups is 1. The van der Waals surface area contributed by atoms with E-state index in [1.807, 2.05) is 0 Å². The Morgan fingerprint density at radius 2 is 1.94 bits per heavy atom. The van der Waals surface area contributed by atoms with Crippen LogP contribution in [0.1, 0.15) is 5.56 Å². The molecule has 6 heteroatoms. The van der Waals surface area contributed by atoms with Gasteiger partial charge >= 0.3 is 5.97 Å². The summed E-state index contributed by atoms with van der Waals surface area (Å²) in [6, 6.07) is 5.35. The molecule has 1 aromatic rings. The molecule has 0 aliphatic carbocycles. The monoisotopic (exact) mass is 242 g/mol. The van der Waals surface area contributed by atoms with Gasteiger partial charge in [0.05, 0.1) is 4.90 Å². The molecule has 86 valence electrons. The highest BCUT2D eigenvalue weighted by molar-refractivity contribution is 7.85. The van der Waals surface area contributed by atoms with Gasteiger partial charge in [-0.15, -0.1) is 0 Å². The third-order valence-electron chi connectivity index (χ3n) is 1.77. The molecule has 1 rings (SSSR count). The van der Waals surface area contributed by atoms with Crippen LogP contribution in [0.5, 0.6) is 0 Å². The van der Waals surface area contributed by atoms with E-state index >= 15 is 0 Å². The lowest BCUT2D eigenvalue weighted by Crippen LogP contribution is -2.01. The normalized spacial score (nSPS) is 10.8. The molecule has 5 nitrogen and oxygen atoms in total. The maximum Gasteiger partial charge on any atom is 0.330 e. The zero-order chi connectivity index (χ0) is 12.2. The molecule has 0 atom stereocenters. The molecule has 0 amide bonds. The predicted molar refractivity (Wildman–Crippen MR) is 56.2 cm³/mol. The molecule has 0 aromatic heterocycles. The van der Waals surface area contributed by atoms with Gasteiger partial charge < -0.3 is 4.74 Å². The van der Waals surface area contributed by atoms with Crippen molar-refractivity contribution in [2.75, 3.05) is 0 Å². The Balaban J connectivity index is 2.73. The third kappa shape index (κ3) is 3.48. The second-order valence-corrected chi connectivity index (χ2v) is 4.35. The maximum absolute atomic E-state index is 10.7. The van der Waals surface area contributed by atoms with Crippen LogP contribution in [0, 0.1) is 0 Å². The van der Waals surface area contributed by atoms with Gasteiger partial charge in [-0.1, -0.05) is 18.7 Å². The first-order valence-electron chi connectivity index (χ1n) is 4.29. The first kappa shape index (κ1) is 12.4. The molecule has 0 unspecified atom stereocenters. The van der Waals surface area contributed by atoms with E-state index in [2.05, 4.69) is 6.58 Å². The quantitative estimate of drug-likeness (QED) is 0.487. The molecule has 0 bridgehead atoms. The molecule has 1 N–H and O–H groups in total. The summed E-state index contributed by atoms with van der Waals surface area (Å²) in [6.07, 6.45) is 1.03. The van der Waals surface area contributed by atoms with Crippen LogP contribution in [-0.2, 0) is 26.3 Å². The van der Waals surface area contributed by atoms with E-state index in [1.54, 1.807) is 0 Å². The summed E-state index contributed by atoms with van der Waals surface area (Å²) in [5.41, 5.74) is 0.614. The van der Waals surface area contributed by atoms with Crippen LogP contribution in [0.15, 0.2) is 41.8 Å². The van der Waals surface area contributed by atoms with Gasteiger partial charge in [-0.2, -0.15) is 8.42 Å². The molecule has 1 aromatic carbocycles. The molecule has 0 saturated carbocycles. The van der Waals surface area contributed by atoms with E-state index in [9.17, 15) is 13.2 Å². The topological polar surface area (TPSA) is 80.7 Å². The number of ether oxygens (including phenoxy) is 1. The van der Waals surface area contributed by atoms with E-state index < -0.39 is 16.1 Å². The van der Waals surface area contributed by atoms with Crippen molar-refractivity contribution < 1.29 is 22.5 Å². The van der Waals surface area contributed by atoms with Gasteiger partial charge in [0.1, 0.15) is 6.61 Å². The predicted octanol–water partition coefficient (Wildman–Crippen LogP) is 1.16. The van der Waals surface area contributed by atoms with Crippen LogP contribution < -0.4 is 0 Å². The van der Waals surface area contributed by atoms with Crippen molar-refractivity contribution in [3.63, 3.8) is 0 Å².